The van der Waals surface area contributed by atoms with E-state index in [4.69, 9.17) is 0 Å². The second-order valence-corrected chi connectivity index (χ2v) is 6.86. The summed E-state index contributed by atoms with van der Waals surface area (Å²) >= 11 is -1.98. The van der Waals surface area contributed by atoms with E-state index in [2.05, 4.69) is 16.7 Å². The Balaban J connectivity index is 1.87. The molecule has 2 saturated heterocycles. The summed E-state index contributed by atoms with van der Waals surface area (Å²) in [5.41, 5.74) is 0. The molecule has 2 atom stereocenters. The lowest BCUT2D eigenvalue weighted by molar-refractivity contribution is 0.131. The van der Waals surface area contributed by atoms with E-state index in [0.717, 1.165) is 44.9 Å². The van der Waals surface area contributed by atoms with Gasteiger partial charge in [-0.25, -0.2) is 0 Å². The van der Waals surface area contributed by atoms with Crippen LogP contribution in [0.4, 0.5) is 0 Å². The van der Waals surface area contributed by atoms with Crippen molar-refractivity contribution in [2.75, 3.05) is 32.7 Å². The summed E-state index contributed by atoms with van der Waals surface area (Å²) in [4.78, 5) is 4.49. The maximum Gasteiger partial charge on any atom is 0.0855 e. The van der Waals surface area contributed by atoms with Crippen LogP contribution in [0.5, 0.6) is 0 Å². The van der Waals surface area contributed by atoms with Crippen LogP contribution in [0.3, 0.4) is 0 Å². The molecule has 2 fully saturated rings. The minimum absolute atomic E-state index is 0.293. The molecule has 0 radical (unpaired) electrons. The molecule has 2 aliphatic rings. The van der Waals surface area contributed by atoms with Gasteiger partial charge >= 0.3 is 0 Å². The topological polar surface area (TPSA) is 46.6 Å². The number of nitrogens with zero attached hydrogens (tertiary/aromatic N) is 2. The van der Waals surface area contributed by atoms with E-state index in [1.807, 2.05) is 0 Å². The van der Waals surface area contributed by atoms with Gasteiger partial charge in [-0.15, -0.1) is 0 Å². The molecule has 4 nitrogen and oxygen atoms in total. The van der Waals surface area contributed by atoms with Crippen molar-refractivity contribution in [3.8, 4) is 0 Å². The first kappa shape index (κ1) is 14.4. The zero-order valence-electron chi connectivity index (χ0n) is 11.3. The molecule has 0 bridgehead atoms. The van der Waals surface area contributed by atoms with Crippen LogP contribution in [0.2, 0.25) is 0 Å². The largest absolute Gasteiger partial charge is 0.771 e. The van der Waals surface area contributed by atoms with Gasteiger partial charge in [0.25, 0.3) is 0 Å². The van der Waals surface area contributed by atoms with Crippen molar-refractivity contribution in [3.63, 3.8) is 0 Å². The van der Waals surface area contributed by atoms with Gasteiger partial charge in [-0.3, -0.25) is 9.11 Å². The fraction of sp³-hybridized carbons (Fsp3) is 1.00. The highest BCUT2D eigenvalue weighted by atomic mass is 32.2. The molecule has 0 saturated carbocycles. The van der Waals surface area contributed by atoms with E-state index in [1.165, 1.54) is 19.3 Å². The summed E-state index contributed by atoms with van der Waals surface area (Å²) in [7, 11) is 0. The van der Waals surface area contributed by atoms with E-state index in [9.17, 15) is 8.76 Å². The van der Waals surface area contributed by atoms with E-state index in [1.54, 1.807) is 0 Å². The minimum Gasteiger partial charge on any atom is -0.771 e. The molecule has 106 valence electrons. The standard InChI is InChI=1S/C13H26N2O2S/c1-12-5-9-14(10-6-12)11-13(18(16)17)15-7-3-2-4-8-15/h12-13H,2-11H2,1H3,(H,16,17)/p-1. The summed E-state index contributed by atoms with van der Waals surface area (Å²) in [5.74, 6) is 0.799. The van der Waals surface area contributed by atoms with Crippen molar-refractivity contribution in [2.24, 2.45) is 5.92 Å². The second-order valence-electron chi connectivity index (χ2n) is 5.79. The third-order valence-corrected chi connectivity index (χ3v) is 5.20. The van der Waals surface area contributed by atoms with Crippen LogP contribution < -0.4 is 0 Å². The summed E-state index contributed by atoms with van der Waals surface area (Å²) in [6, 6.07) is 0. The maximum absolute atomic E-state index is 11.5. The van der Waals surface area contributed by atoms with E-state index < -0.39 is 11.1 Å². The van der Waals surface area contributed by atoms with Gasteiger partial charge in [-0.05, 0) is 68.9 Å². The molecule has 18 heavy (non-hydrogen) atoms. The predicted molar refractivity (Wildman–Crippen MR) is 73.0 cm³/mol. The highest BCUT2D eigenvalue weighted by Gasteiger charge is 2.25. The third-order valence-electron chi connectivity index (χ3n) is 4.31. The molecular weight excluding hydrogens is 248 g/mol. The number of piperidine rings is 2. The first-order chi connectivity index (χ1) is 8.66. The fourth-order valence-electron chi connectivity index (χ4n) is 2.97. The van der Waals surface area contributed by atoms with E-state index in [-0.39, 0.29) is 5.37 Å². The average molecular weight is 273 g/mol. The first-order valence-electron chi connectivity index (χ1n) is 7.21. The lowest BCUT2D eigenvalue weighted by atomic mass is 9.99. The van der Waals surface area contributed by atoms with Crippen molar-refractivity contribution in [3.05, 3.63) is 0 Å². The van der Waals surface area contributed by atoms with Crippen LogP contribution in [0.15, 0.2) is 0 Å². The minimum atomic E-state index is -1.98. The lowest BCUT2D eigenvalue weighted by Crippen LogP contribution is -2.49. The Kier molecular flexibility index (Phi) is 5.60. The number of hydrogen-bond acceptors (Lipinski definition) is 4. The molecule has 0 aromatic carbocycles. The Morgan fingerprint density at radius 1 is 1.17 bits per heavy atom. The van der Waals surface area contributed by atoms with Crippen molar-refractivity contribution < 1.29 is 8.76 Å². The van der Waals surface area contributed by atoms with Gasteiger partial charge in [0.05, 0.1) is 5.37 Å². The highest BCUT2D eigenvalue weighted by molar-refractivity contribution is 7.79. The van der Waals surface area contributed by atoms with Crippen LogP contribution in [0.1, 0.15) is 39.0 Å². The maximum atomic E-state index is 11.5. The second kappa shape index (κ2) is 6.98. The van der Waals surface area contributed by atoms with Crippen LogP contribution in [-0.2, 0) is 11.1 Å². The molecule has 0 aliphatic carbocycles. The summed E-state index contributed by atoms with van der Waals surface area (Å²) in [5, 5.41) is -0.293. The summed E-state index contributed by atoms with van der Waals surface area (Å²) in [6.07, 6.45) is 5.95. The molecule has 2 rings (SSSR count). The van der Waals surface area contributed by atoms with Gasteiger partial charge in [0, 0.05) is 6.54 Å². The van der Waals surface area contributed by atoms with Gasteiger partial charge in [0.15, 0.2) is 0 Å². The molecule has 2 unspecified atom stereocenters. The molecule has 0 amide bonds. The lowest BCUT2D eigenvalue weighted by Gasteiger charge is -2.40. The van der Waals surface area contributed by atoms with Gasteiger partial charge < -0.3 is 9.45 Å². The molecule has 0 spiro atoms. The predicted octanol–water partition coefficient (Wildman–Crippen LogP) is 1.41. The van der Waals surface area contributed by atoms with E-state index >= 15 is 0 Å². The normalized spacial score (nSPS) is 28.1. The highest BCUT2D eigenvalue weighted by Crippen LogP contribution is 2.19. The van der Waals surface area contributed by atoms with E-state index in [0.29, 0.717) is 6.54 Å². The monoisotopic (exact) mass is 273 g/mol. The zero-order chi connectivity index (χ0) is 13.0. The van der Waals surface area contributed by atoms with Crippen molar-refractivity contribution in [2.45, 2.75) is 44.4 Å². The quantitative estimate of drug-likeness (QED) is 0.727. The molecule has 0 N–H and O–H groups in total. The Labute approximate surface area is 113 Å². The van der Waals surface area contributed by atoms with Crippen molar-refractivity contribution >= 4 is 11.1 Å². The number of rotatable bonds is 4. The first-order valence-corrected chi connectivity index (χ1v) is 8.35. The smallest absolute Gasteiger partial charge is 0.0855 e. The van der Waals surface area contributed by atoms with Gasteiger partial charge in [-0.2, -0.15) is 0 Å². The third kappa shape index (κ3) is 4.02. The SMILES string of the molecule is CC1CCN(CC(N2CCCCC2)S(=O)[O-])CC1. The molecule has 5 heteroatoms. The van der Waals surface area contributed by atoms with Gasteiger partial charge in [0.2, 0.25) is 0 Å². The number of hydrogen-bond donors (Lipinski definition) is 0. The van der Waals surface area contributed by atoms with Gasteiger partial charge in [0.1, 0.15) is 0 Å². The summed E-state index contributed by atoms with van der Waals surface area (Å²) < 4.78 is 22.9. The van der Waals surface area contributed by atoms with Crippen molar-refractivity contribution in [1.29, 1.82) is 0 Å². The van der Waals surface area contributed by atoms with Crippen LogP contribution >= 0.6 is 0 Å². The Hall–Kier alpha value is 0.0300. The van der Waals surface area contributed by atoms with Gasteiger partial charge in [-0.1, -0.05) is 13.3 Å². The average Bonchev–Trinajstić information content (AvgIpc) is 2.38. The molecule has 2 heterocycles. The molecule has 0 aromatic heterocycles. The molecule has 0 aromatic rings. The van der Waals surface area contributed by atoms with Crippen LogP contribution in [0, 0.1) is 5.92 Å². The van der Waals surface area contributed by atoms with Crippen molar-refractivity contribution in [1.82, 2.24) is 9.80 Å². The Morgan fingerprint density at radius 3 is 2.33 bits per heavy atom. The molecule has 2 aliphatic heterocycles. The zero-order valence-corrected chi connectivity index (χ0v) is 12.2. The number of likely N-dealkylation sites (tertiary alicyclic amines) is 2. The Morgan fingerprint density at radius 2 is 1.78 bits per heavy atom. The summed E-state index contributed by atoms with van der Waals surface area (Å²) in [6.45, 7) is 6.99. The Bertz CT molecular complexity index is 274. The van der Waals surface area contributed by atoms with Crippen LogP contribution in [0.25, 0.3) is 0 Å². The molecular formula is C13H25N2O2S-. The van der Waals surface area contributed by atoms with Crippen LogP contribution in [-0.4, -0.2) is 56.7 Å². The fourth-order valence-corrected chi connectivity index (χ4v) is 3.76.